The number of thioether (sulfide) groups is 1. The Morgan fingerprint density at radius 3 is 2.26 bits per heavy atom. The lowest BCUT2D eigenvalue weighted by atomic mass is 10.1. The molecular weight excluding hydrogens is 464 g/mol. The summed E-state index contributed by atoms with van der Waals surface area (Å²) in [5.41, 5.74) is 2.08. The maximum atomic E-state index is 12.8. The Morgan fingerprint density at radius 2 is 1.60 bits per heavy atom. The van der Waals surface area contributed by atoms with E-state index in [4.69, 9.17) is 9.47 Å². The minimum atomic E-state index is -0.161. The van der Waals surface area contributed by atoms with Crippen LogP contribution in [0, 0.1) is 0 Å². The molecule has 178 valence electrons. The molecule has 4 aromatic rings. The van der Waals surface area contributed by atoms with Crippen molar-refractivity contribution >= 4 is 29.1 Å². The quantitative estimate of drug-likeness (QED) is 0.253. The number of carbonyl (C=O) groups excluding carboxylic acids is 2. The highest BCUT2D eigenvalue weighted by molar-refractivity contribution is 7.99. The van der Waals surface area contributed by atoms with Crippen molar-refractivity contribution in [3.8, 4) is 17.2 Å². The van der Waals surface area contributed by atoms with Gasteiger partial charge in [-0.1, -0.05) is 30.0 Å². The van der Waals surface area contributed by atoms with E-state index in [2.05, 4.69) is 15.5 Å². The van der Waals surface area contributed by atoms with Crippen LogP contribution in [0.4, 0.5) is 5.69 Å². The second kappa shape index (κ2) is 11.3. The zero-order valence-corrected chi connectivity index (χ0v) is 20.1. The third kappa shape index (κ3) is 6.27. The first kappa shape index (κ1) is 24.0. The summed E-state index contributed by atoms with van der Waals surface area (Å²) in [5, 5.41) is 11.9. The highest BCUT2D eigenvalue weighted by Crippen LogP contribution is 2.25. The molecule has 1 heterocycles. The molecule has 8 nitrogen and oxygen atoms in total. The summed E-state index contributed by atoms with van der Waals surface area (Å²) in [5.74, 6) is 2.01. The molecule has 0 unspecified atom stereocenters. The largest absolute Gasteiger partial charge is 0.497 e. The number of ketones is 1. The number of methoxy groups -OCH3 is 1. The fraction of sp³-hybridized carbons (Fsp3) is 0.154. The van der Waals surface area contributed by atoms with Crippen LogP contribution in [0.3, 0.4) is 0 Å². The second-order valence-electron chi connectivity index (χ2n) is 7.50. The lowest BCUT2D eigenvalue weighted by molar-refractivity contribution is -0.114. The Balaban J connectivity index is 1.48. The van der Waals surface area contributed by atoms with Gasteiger partial charge in [-0.2, -0.15) is 0 Å². The smallest absolute Gasteiger partial charge is 0.221 e. The van der Waals surface area contributed by atoms with Gasteiger partial charge in [0.25, 0.3) is 0 Å². The number of nitrogens with one attached hydrogen (secondary N) is 1. The van der Waals surface area contributed by atoms with E-state index in [1.165, 1.54) is 18.7 Å². The lowest BCUT2D eigenvalue weighted by Gasteiger charge is -2.11. The second-order valence-corrected chi connectivity index (χ2v) is 8.45. The predicted octanol–water partition coefficient (Wildman–Crippen LogP) is 4.79. The number of hydrogen-bond acceptors (Lipinski definition) is 7. The first-order chi connectivity index (χ1) is 17.0. The molecule has 0 saturated heterocycles. The van der Waals surface area contributed by atoms with Crippen LogP contribution in [0.5, 0.6) is 11.5 Å². The summed E-state index contributed by atoms with van der Waals surface area (Å²) < 4.78 is 13.0. The van der Waals surface area contributed by atoms with Gasteiger partial charge in [0.2, 0.25) is 5.91 Å². The normalized spacial score (nSPS) is 10.6. The molecule has 4 rings (SSSR count). The number of ether oxygens (including phenoxy) is 2. The monoisotopic (exact) mass is 488 g/mol. The van der Waals surface area contributed by atoms with E-state index >= 15 is 0 Å². The molecule has 1 amide bonds. The van der Waals surface area contributed by atoms with Gasteiger partial charge in [0, 0.05) is 23.9 Å². The van der Waals surface area contributed by atoms with Crippen LogP contribution in [0.1, 0.15) is 23.1 Å². The van der Waals surface area contributed by atoms with Gasteiger partial charge in [-0.15, -0.1) is 10.2 Å². The number of rotatable bonds is 10. The molecule has 9 heteroatoms. The van der Waals surface area contributed by atoms with Crippen LogP contribution in [-0.2, 0) is 11.4 Å². The first-order valence-electron chi connectivity index (χ1n) is 10.8. The molecule has 0 bridgehead atoms. The minimum absolute atomic E-state index is 0.0528. The molecule has 0 aliphatic carbocycles. The molecule has 0 aliphatic heterocycles. The molecule has 1 N–H and O–H groups in total. The summed E-state index contributed by atoms with van der Waals surface area (Å²) in [6.45, 7) is 1.64. The van der Waals surface area contributed by atoms with Crippen LogP contribution in [0.15, 0.2) is 84.0 Å². The Bertz CT molecular complexity index is 1290. The molecule has 0 aliphatic rings. The lowest BCUT2D eigenvalue weighted by Crippen LogP contribution is -2.08. The molecule has 35 heavy (non-hydrogen) atoms. The Kier molecular flexibility index (Phi) is 7.79. The van der Waals surface area contributed by atoms with Crippen molar-refractivity contribution in [1.82, 2.24) is 14.8 Å². The minimum Gasteiger partial charge on any atom is -0.497 e. The summed E-state index contributed by atoms with van der Waals surface area (Å²) in [6, 6.07) is 23.8. The van der Waals surface area contributed by atoms with E-state index in [0.29, 0.717) is 28.0 Å². The number of hydrogen-bond donors (Lipinski definition) is 1. The number of nitrogens with zero attached hydrogens (tertiary/aromatic N) is 3. The zero-order valence-electron chi connectivity index (χ0n) is 19.3. The van der Waals surface area contributed by atoms with E-state index in [0.717, 1.165) is 11.4 Å². The van der Waals surface area contributed by atoms with Crippen LogP contribution in [0.25, 0.3) is 5.69 Å². The van der Waals surface area contributed by atoms with Gasteiger partial charge in [0.1, 0.15) is 18.1 Å². The first-order valence-corrected chi connectivity index (χ1v) is 11.8. The van der Waals surface area contributed by atoms with Crippen LogP contribution >= 0.6 is 11.8 Å². The molecule has 0 spiro atoms. The van der Waals surface area contributed by atoms with E-state index < -0.39 is 0 Å². The van der Waals surface area contributed by atoms with Crippen LogP contribution in [0.2, 0.25) is 0 Å². The third-order valence-electron chi connectivity index (χ3n) is 5.00. The molecule has 0 atom stereocenters. The van der Waals surface area contributed by atoms with Crippen molar-refractivity contribution in [1.29, 1.82) is 0 Å². The molecule has 0 fully saturated rings. The Labute approximate surface area is 207 Å². The summed E-state index contributed by atoms with van der Waals surface area (Å²) in [6.07, 6.45) is 0. The van der Waals surface area contributed by atoms with E-state index in [1.807, 2.05) is 59.2 Å². The number of aromatic nitrogens is 3. The number of benzene rings is 3. The van der Waals surface area contributed by atoms with Crippen LogP contribution in [-0.4, -0.2) is 39.3 Å². The van der Waals surface area contributed by atoms with Gasteiger partial charge in [0.05, 0.1) is 12.9 Å². The van der Waals surface area contributed by atoms with Gasteiger partial charge < -0.3 is 14.8 Å². The van der Waals surface area contributed by atoms with Gasteiger partial charge in [-0.25, -0.2) is 0 Å². The number of para-hydroxylation sites is 1. The highest BCUT2D eigenvalue weighted by Gasteiger charge is 2.17. The summed E-state index contributed by atoms with van der Waals surface area (Å²) >= 11 is 1.31. The molecular formula is C26H24N4O4S. The van der Waals surface area contributed by atoms with E-state index in [1.54, 1.807) is 31.4 Å². The maximum Gasteiger partial charge on any atom is 0.221 e. The number of carbonyl (C=O) groups is 2. The fourth-order valence-electron chi connectivity index (χ4n) is 3.30. The van der Waals surface area contributed by atoms with E-state index in [-0.39, 0.29) is 24.1 Å². The highest BCUT2D eigenvalue weighted by atomic mass is 32.2. The SMILES string of the molecule is COc1ccc(OCc2nnc(SCC(=O)c3ccc(NC(C)=O)cc3)n2-c2ccccc2)cc1. The Morgan fingerprint density at radius 1 is 0.914 bits per heavy atom. The van der Waals surface area contributed by atoms with E-state index in [9.17, 15) is 9.59 Å². The van der Waals surface area contributed by atoms with Crippen molar-refractivity contribution in [2.75, 3.05) is 18.2 Å². The van der Waals surface area contributed by atoms with Crippen molar-refractivity contribution in [2.24, 2.45) is 0 Å². The van der Waals surface area contributed by atoms with Crippen molar-refractivity contribution in [2.45, 2.75) is 18.7 Å². The topological polar surface area (TPSA) is 95.3 Å². The summed E-state index contributed by atoms with van der Waals surface area (Å²) in [4.78, 5) is 24.0. The molecule has 0 radical (unpaired) electrons. The zero-order chi connectivity index (χ0) is 24.6. The number of Topliss-reactive ketones (excluding diaryl/α,β-unsaturated/α-hetero) is 1. The van der Waals surface area contributed by atoms with Gasteiger partial charge >= 0.3 is 0 Å². The molecule has 3 aromatic carbocycles. The average Bonchev–Trinajstić information content (AvgIpc) is 3.29. The van der Waals surface area contributed by atoms with Gasteiger partial charge in [0.15, 0.2) is 16.8 Å². The van der Waals surface area contributed by atoms with Crippen LogP contribution < -0.4 is 14.8 Å². The summed E-state index contributed by atoms with van der Waals surface area (Å²) in [7, 11) is 1.61. The van der Waals surface area contributed by atoms with Crippen molar-refractivity contribution < 1.29 is 19.1 Å². The standard InChI is InChI=1S/C26H24N4O4S/c1-18(31)27-20-10-8-19(9-11-20)24(32)17-35-26-29-28-25(30(26)21-6-4-3-5-7-21)16-34-23-14-12-22(33-2)13-15-23/h3-15H,16-17H2,1-2H3,(H,27,31). The average molecular weight is 489 g/mol. The Hall–Kier alpha value is -4.11. The molecule has 0 saturated carbocycles. The predicted molar refractivity (Wildman–Crippen MR) is 134 cm³/mol. The maximum absolute atomic E-state index is 12.8. The number of anilines is 1. The van der Waals surface area contributed by atoms with Gasteiger partial charge in [-0.3, -0.25) is 14.2 Å². The number of amides is 1. The van der Waals surface area contributed by atoms with Gasteiger partial charge in [-0.05, 0) is 60.7 Å². The van der Waals surface area contributed by atoms with Crippen molar-refractivity contribution in [3.63, 3.8) is 0 Å². The molecule has 1 aromatic heterocycles. The van der Waals surface area contributed by atoms with Crippen molar-refractivity contribution in [3.05, 3.63) is 90.3 Å². The third-order valence-corrected chi connectivity index (χ3v) is 5.93. The fourth-order valence-corrected chi connectivity index (χ4v) is 4.16.